The fourth-order valence-corrected chi connectivity index (χ4v) is 3.34. The first-order valence-corrected chi connectivity index (χ1v) is 7.03. The highest BCUT2D eigenvalue weighted by molar-refractivity contribution is 5.00. The Hall–Kier alpha value is -0.300. The predicted molar refractivity (Wildman–Crippen MR) is 70.5 cm³/mol. The van der Waals surface area contributed by atoms with Crippen molar-refractivity contribution in [1.82, 2.24) is 4.90 Å². The van der Waals surface area contributed by atoms with E-state index in [2.05, 4.69) is 37.8 Å². The molecule has 0 aromatic heterocycles. The minimum absolute atomic E-state index is 0.493. The fourth-order valence-electron chi connectivity index (χ4n) is 3.34. The molecule has 2 aliphatic rings. The Labute approximate surface area is 101 Å². The minimum Gasteiger partial charge on any atom is -0.297 e. The van der Waals surface area contributed by atoms with Gasteiger partial charge >= 0.3 is 0 Å². The summed E-state index contributed by atoms with van der Waals surface area (Å²) in [4.78, 5) is 2.78. The summed E-state index contributed by atoms with van der Waals surface area (Å²) in [5.74, 6) is 1.45. The maximum atomic E-state index is 2.78. The van der Waals surface area contributed by atoms with E-state index >= 15 is 0 Å². The standard InChI is InChI=1S/C15H27N/c1-13-7-8-14(2)12-16(11-13)15(3)9-5-4-6-10-15/h7-8,13-14H,4-6,9-12H2,1-3H3/t13-,14+. The van der Waals surface area contributed by atoms with E-state index in [0.29, 0.717) is 5.54 Å². The van der Waals surface area contributed by atoms with Crippen LogP contribution in [0, 0.1) is 11.8 Å². The van der Waals surface area contributed by atoms with Crippen LogP contribution < -0.4 is 0 Å². The second-order valence-electron chi connectivity index (χ2n) is 6.30. The zero-order valence-electron chi connectivity index (χ0n) is 11.2. The molecule has 0 unspecified atom stereocenters. The summed E-state index contributed by atoms with van der Waals surface area (Å²) in [6.45, 7) is 9.73. The highest BCUT2D eigenvalue weighted by Crippen LogP contribution is 2.35. The molecule has 1 aliphatic carbocycles. The molecule has 0 aromatic rings. The molecule has 0 N–H and O–H groups in total. The molecular weight excluding hydrogens is 194 g/mol. The predicted octanol–water partition coefficient (Wildman–Crippen LogP) is 3.85. The van der Waals surface area contributed by atoms with Crippen LogP contribution in [-0.2, 0) is 0 Å². The average Bonchev–Trinajstić information content (AvgIpc) is 2.42. The Bertz CT molecular complexity index is 236. The summed E-state index contributed by atoms with van der Waals surface area (Å²) < 4.78 is 0. The van der Waals surface area contributed by atoms with Gasteiger partial charge in [-0.15, -0.1) is 0 Å². The van der Waals surface area contributed by atoms with Crippen molar-refractivity contribution in [3.63, 3.8) is 0 Å². The van der Waals surface area contributed by atoms with Crippen molar-refractivity contribution in [2.45, 2.75) is 58.4 Å². The molecule has 1 heteroatoms. The van der Waals surface area contributed by atoms with E-state index in [1.165, 1.54) is 45.2 Å². The van der Waals surface area contributed by atoms with Crippen LogP contribution in [0.1, 0.15) is 52.9 Å². The van der Waals surface area contributed by atoms with Crippen LogP contribution in [0.5, 0.6) is 0 Å². The van der Waals surface area contributed by atoms with Gasteiger partial charge in [-0.05, 0) is 31.6 Å². The van der Waals surface area contributed by atoms with Crippen molar-refractivity contribution in [3.8, 4) is 0 Å². The third kappa shape index (κ3) is 2.68. The van der Waals surface area contributed by atoms with Gasteiger partial charge in [0.25, 0.3) is 0 Å². The van der Waals surface area contributed by atoms with Crippen molar-refractivity contribution in [2.24, 2.45) is 11.8 Å². The number of rotatable bonds is 1. The van der Waals surface area contributed by atoms with Gasteiger partial charge in [-0.2, -0.15) is 0 Å². The first-order valence-electron chi connectivity index (χ1n) is 7.03. The first-order chi connectivity index (χ1) is 7.60. The van der Waals surface area contributed by atoms with Crippen LogP contribution >= 0.6 is 0 Å². The molecule has 16 heavy (non-hydrogen) atoms. The van der Waals surface area contributed by atoms with Crippen molar-refractivity contribution < 1.29 is 0 Å². The minimum atomic E-state index is 0.493. The summed E-state index contributed by atoms with van der Waals surface area (Å²) in [7, 11) is 0. The topological polar surface area (TPSA) is 3.24 Å². The molecule has 2 atom stereocenters. The highest BCUT2D eigenvalue weighted by atomic mass is 15.2. The Morgan fingerprint density at radius 3 is 1.94 bits per heavy atom. The van der Waals surface area contributed by atoms with Gasteiger partial charge in [0, 0.05) is 18.6 Å². The number of hydrogen-bond donors (Lipinski definition) is 0. The van der Waals surface area contributed by atoms with Crippen LogP contribution in [0.15, 0.2) is 12.2 Å². The molecule has 0 saturated heterocycles. The van der Waals surface area contributed by atoms with E-state index in [0.717, 1.165) is 11.8 Å². The average molecular weight is 221 g/mol. The van der Waals surface area contributed by atoms with Crippen LogP contribution in [0.3, 0.4) is 0 Å². The van der Waals surface area contributed by atoms with Crippen molar-refractivity contribution >= 4 is 0 Å². The van der Waals surface area contributed by atoms with Crippen LogP contribution in [0.4, 0.5) is 0 Å². The molecule has 1 aliphatic heterocycles. The van der Waals surface area contributed by atoms with Gasteiger partial charge in [0.2, 0.25) is 0 Å². The summed E-state index contributed by atoms with van der Waals surface area (Å²) in [6, 6.07) is 0. The molecule has 2 rings (SSSR count). The highest BCUT2D eigenvalue weighted by Gasteiger charge is 2.34. The number of nitrogens with zero attached hydrogens (tertiary/aromatic N) is 1. The lowest BCUT2D eigenvalue weighted by Gasteiger charge is -2.45. The molecule has 0 bridgehead atoms. The van der Waals surface area contributed by atoms with Gasteiger partial charge in [-0.25, -0.2) is 0 Å². The summed E-state index contributed by atoms with van der Waals surface area (Å²) in [6.07, 6.45) is 12.0. The zero-order chi connectivity index (χ0) is 11.6. The largest absolute Gasteiger partial charge is 0.297 e. The van der Waals surface area contributed by atoms with Crippen molar-refractivity contribution in [3.05, 3.63) is 12.2 Å². The van der Waals surface area contributed by atoms with E-state index in [-0.39, 0.29) is 0 Å². The molecule has 1 nitrogen and oxygen atoms in total. The fraction of sp³-hybridized carbons (Fsp3) is 0.867. The molecule has 0 spiro atoms. The van der Waals surface area contributed by atoms with Gasteiger partial charge in [0.1, 0.15) is 0 Å². The Balaban J connectivity index is 2.07. The second-order valence-corrected chi connectivity index (χ2v) is 6.30. The third-order valence-corrected chi connectivity index (χ3v) is 4.48. The molecule has 0 radical (unpaired) electrons. The maximum absolute atomic E-state index is 2.78. The molecule has 1 heterocycles. The zero-order valence-corrected chi connectivity index (χ0v) is 11.2. The van der Waals surface area contributed by atoms with Gasteiger partial charge in [0.15, 0.2) is 0 Å². The lowest BCUT2D eigenvalue weighted by molar-refractivity contribution is 0.0535. The lowest BCUT2D eigenvalue weighted by atomic mass is 9.81. The smallest absolute Gasteiger partial charge is 0.0181 e. The summed E-state index contributed by atoms with van der Waals surface area (Å²) in [5.41, 5.74) is 0.493. The third-order valence-electron chi connectivity index (χ3n) is 4.48. The van der Waals surface area contributed by atoms with Crippen LogP contribution in [0.2, 0.25) is 0 Å². The lowest BCUT2D eigenvalue weighted by Crippen LogP contribution is -2.50. The van der Waals surface area contributed by atoms with Gasteiger partial charge < -0.3 is 0 Å². The van der Waals surface area contributed by atoms with E-state index in [1.54, 1.807) is 0 Å². The SMILES string of the molecule is C[C@@H]1C=C[C@H](C)CN(C2(C)CCCCC2)C1. The van der Waals surface area contributed by atoms with Gasteiger partial charge in [0.05, 0.1) is 0 Å². The maximum Gasteiger partial charge on any atom is 0.0181 e. The Kier molecular flexibility index (Phi) is 3.73. The quantitative estimate of drug-likeness (QED) is 0.608. The second kappa shape index (κ2) is 4.91. The Morgan fingerprint density at radius 2 is 1.44 bits per heavy atom. The molecule has 0 amide bonds. The van der Waals surface area contributed by atoms with Gasteiger partial charge in [-0.3, -0.25) is 4.90 Å². The summed E-state index contributed by atoms with van der Waals surface area (Å²) in [5, 5.41) is 0. The van der Waals surface area contributed by atoms with E-state index < -0.39 is 0 Å². The van der Waals surface area contributed by atoms with Crippen LogP contribution in [-0.4, -0.2) is 23.5 Å². The summed E-state index contributed by atoms with van der Waals surface area (Å²) >= 11 is 0. The van der Waals surface area contributed by atoms with E-state index in [4.69, 9.17) is 0 Å². The molecule has 1 fully saturated rings. The molecular formula is C15H27N. The molecule has 0 aromatic carbocycles. The Morgan fingerprint density at radius 1 is 0.938 bits per heavy atom. The van der Waals surface area contributed by atoms with E-state index in [1.807, 2.05) is 0 Å². The van der Waals surface area contributed by atoms with Crippen LogP contribution in [0.25, 0.3) is 0 Å². The van der Waals surface area contributed by atoms with Gasteiger partial charge in [-0.1, -0.05) is 45.3 Å². The van der Waals surface area contributed by atoms with E-state index in [9.17, 15) is 0 Å². The first kappa shape index (κ1) is 12.2. The number of hydrogen-bond acceptors (Lipinski definition) is 1. The monoisotopic (exact) mass is 221 g/mol. The van der Waals surface area contributed by atoms with Crippen molar-refractivity contribution in [2.75, 3.05) is 13.1 Å². The molecule has 1 saturated carbocycles. The molecule has 92 valence electrons. The van der Waals surface area contributed by atoms with Crippen molar-refractivity contribution in [1.29, 1.82) is 0 Å². The normalized spacial score (nSPS) is 35.9.